The summed E-state index contributed by atoms with van der Waals surface area (Å²) in [5, 5.41) is 3.50. The fourth-order valence-corrected chi connectivity index (χ4v) is 3.85. The number of ether oxygens (including phenoxy) is 2. The molecule has 1 saturated heterocycles. The Morgan fingerprint density at radius 3 is 2.81 bits per heavy atom. The molecule has 3 fully saturated rings. The molecular formula is C16H28N2O3. The first kappa shape index (κ1) is 15.3. The second-order valence-electron chi connectivity index (χ2n) is 6.97. The van der Waals surface area contributed by atoms with Crippen molar-refractivity contribution in [2.45, 2.75) is 69.2 Å². The molecule has 2 saturated carbocycles. The van der Waals surface area contributed by atoms with Crippen LogP contribution >= 0.6 is 0 Å². The van der Waals surface area contributed by atoms with E-state index in [0.29, 0.717) is 18.2 Å². The van der Waals surface area contributed by atoms with Crippen molar-refractivity contribution >= 4 is 5.97 Å². The lowest BCUT2D eigenvalue weighted by atomic mass is 9.88. The topological polar surface area (TPSA) is 50.8 Å². The number of carbonyl (C=O) groups is 1. The Balaban J connectivity index is 1.69. The zero-order valence-corrected chi connectivity index (χ0v) is 13.3. The van der Waals surface area contributed by atoms with Gasteiger partial charge in [0.25, 0.3) is 0 Å². The minimum absolute atomic E-state index is 0.145. The van der Waals surface area contributed by atoms with Crippen LogP contribution in [0.15, 0.2) is 0 Å². The lowest BCUT2D eigenvalue weighted by Gasteiger charge is -2.46. The van der Waals surface area contributed by atoms with Gasteiger partial charge in [0.05, 0.1) is 19.8 Å². The molecule has 120 valence electrons. The second kappa shape index (κ2) is 6.23. The normalized spacial score (nSPS) is 33.0. The number of hydrogen-bond acceptors (Lipinski definition) is 5. The molecule has 3 unspecified atom stereocenters. The number of hydrogen-bond donors (Lipinski definition) is 1. The molecule has 3 rings (SSSR count). The molecule has 3 aliphatic rings. The summed E-state index contributed by atoms with van der Waals surface area (Å²) in [5.74, 6) is -0.145. The first-order valence-electron chi connectivity index (χ1n) is 8.34. The van der Waals surface area contributed by atoms with Crippen LogP contribution < -0.4 is 5.32 Å². The molecule has 0 amide bonds. The first-order valence-corrected chi connectivity index (χ1v) is 8.34. The van der Waals surface area contributed by atoms with Gasteiger partial charge >= 0.3 is 5.97 Å². The summed E-state index contributed by atoms with van der Waals surface area (Å²) >= 11 is 0. The predicted octanol–water partition coefficient (Wildman–Crippen LogP) is 1.31. The van der Waals surface area contributed by atoms with Crippen molar-refractivity contribution < 1.29 is 14.3 Å². The Bertz CT molecular complexity index is 384. The van der Waals surface area contributed by atoms with Crippen LogP contribution in [0.25, 0.3) is 0 Å². The zero-order valence-electron chi connectivity index (χ0n) is 13.3. The van der Waals surface area contributed by atoms with E-state index in [9.17, 15) is 4.79 Å². The molecule has 3 atom stereocenters. The average molecular weight is 296 g/mol. The van der Waals surface area contributed by atoms with E-state index in [1.807, 2.05) is 6.92 Å². The highest BCUT2D eigenvalue weighted by Crippen LogP contribution is 2.30. The summed E-state index contributed by atoms with van der Waals surface area (Å²) < 4.78 is 11.0. The van der Waals surface area contributed by atoms with E-state index in [0.717, 1.165) is 26.1 Å². The van der Waals surface area contributed by atoms with Crippen LogP contribution in [0.4, 0.5) is 0 Å². The van der Waals surface area contributed by atoms with Crippen molar-refractivity contribution in [3.63, 3.8) is 0 Å². The largest absolute Gasteiger partial charge is 0.468 e. The molecule has 0 bridgehead atoms. The van der Waals surface area contributed by atoms with E-state index in [1.54, 1.807) is 0 Å². The van der Waals surface area contributed by atoms with Gasteiger partial charge in [-0.1, -0.05) is 12.8 Å². The second-order valence-corrected chi connectivity index (χ2v) is 6.97. The first-order chi connectivity index (χ1) is 10.1. The fraction of sp³-hybridized carbons (Fsp3) is 0.938. The van der Waals surface area contributed by atoms with Gasteiger partial charge in [-0.15, -0.1) is 0 Å². The predicted molar refractivity (Wildman–Crippen MR) is 80.1 cm³/mol. The van der Waals surface area contributed by atoms with E-state index >= 15 is 0 Å². The maximum absolute atomic E-state index is 12.3. The highest BCUT2D eigenvalue weighted by Gasteiger charge is 2.44. The summed E-state index contributed by atoms with van der Waals surface area (Å²) in [7, 11) is 1.48. The third kappa shape index (κ3) is 3.41. The Labute approximate surface area is 127 Å². The molecule has 0 spiro atoms. The van der Waals surface area contributed by atoms with Gasteiger partial charge in [-0.2, -0.15) is 0 Å². The van der Waals surface area contributed by atoms with Gasteiger partial charge in [0.2, 0.25) is 0 Å². The van der Waals surface area contributed by atoms with E-state index in [2.05, 4.69) is 10.2 Å². The standard InChI is InChI=1S/C16H28N2O3/c1-16(15(19)20-2,17-12-7-8-12)11-18-9-10-21-14-6-4-3-5-13(14)18/h12-14,17H,3-11H2,1-2H3. The van der Waals surface area contributed by atoms with Crippen LogP contribution in [0.5, 0.6) is 0 Å². The van der Waals surface area contributed by atoms with Crippen LogP contribution in [0.1, 0.15) is 45.4 Å². The van der Waals surface area contributed by atoms with Crippen molar-refractivity contribution in [3.05, 3.63) is 0 Å². The summed E-state index contributed by atoms with van der Waals surface area (Å²) in [5.41, 5.74) is -0.602. The highest BCUT2D eigenvalue weighted by atomic mass is 16.5. The van der Waals surface area contributed by atoms with Gasteiger partial charge in [-0.25, -0.2) is 0 Å². The van der Waals surface area contributed by atoms with Gasteiger partial charge in [0.15, 0.2) is 0 Å². The highest BCUT2D eigenvalue weighted by molar-refractivity contribution is 5.80. The van der Waals surface area contributed by atoms with Crippen LogP contribution in [0.2, 0.25) is 0 Å². The molecule has 0 aromatic carbocycles. The van der Waals surface area contributed by atoms with E-state index in [1.165, 1.54) is 39.2 Å². The lowest BCUT2D eigenvalue weighted by molar-refractivity contribution is -0.152. The van der Waals surface area contributed by atoms with Gasteiger partial charge in [-0.05, 0) is 32.6 Å². The van der Waals surface area contributed by atoms with Crippen LogP contribution in [0, 0.1) is 0 Å². The van der Waals surface area contributed by atoms with Crippen LogP contribution in [-0.2, 0) is 14.3 Å². The van der Waals surface area contributed by atoms with Crippen molar-refractivity contribution in [3.8, 4) is 0 Å². The third-order valence-electron chi connectivity index (χ3n) is 5.10. The summed E-state index contributed by atoms with van der Waals surface area (Å²) in [6.45, 7) is 4.41. The van der Waals surface area contributed by atoms with Gasteiger partial charge in [0, 0.05) is 25.2 Å². The number of nitrogens with zero attached hydrogens (tertiary/aromatic N) is 1. The van der Waals surface area contributed by atoms with Gasteiger partial charge in [-0.3, -0.25) is 15.0 Å². The minimum atomic E-state index is -0.602. The van der Waals surface area contributed by atoms with Crippen molar-refractivity contribution in [1.82, 2.24) is 10.2 Å². The monoisotopic (exact) mass is 296 g/mol. The molecule has 5 heteroatoms. The Morgan fingerprint density at radius 1 is 1.33 bits per heavy atom. The number of carbonyl (C=O) groups excluding carboxylic acids is 1. The number of methoxy groups -OCH3 is 1. The third-order valence-corrected chi connectivity index (χ3v) is 5.10. The van der Waals surface area contributed by atoms with Crippen LogP contribution in [0.3, 0.4) is 0 Å². The minimum Gasteiger partial charge on any atom is -0.468 e. The average Bonchev–Trinajstić information content (AvgIpc) is 3.30. The molecular weight excluding hydrogens is 268 g/mol. The van der Waals surface area contributed by atoms with E-state index < -0.39 is 5.54 Å². The Morgan fingerprint density at radius 2 is 2.10 bits per heavy atom. The molecule has 2 aliphatic carbocycles. The smallest absolute Gasteiger partial charge is 0.327 e. The zero-order chi connectivity index (χ0) is 14.9. The number of fused-ring (bicyclic) bond motifs is 1. The SMILES string of the molecule is COC(=O)C(C)(CN1CCOC2CCCCC21)NC1CC1. The molecule has 21 heavy (non-hydrogen) atoms. The van der Waals surface area contributed by atoms with Crippen LogP contribution in [-0.4, -0.2) is 61.4 Å². The maximum Gasteiger partial charge on any atom is 0.327 e. The quantitative estimate of drug-likeness (QED) is 0.775. The molecule has 0 radical (unpaired) electrons. The van der Waals surface area contributed by atoms with E-state index in [-0.39, 0.29) is 5.97 Å². The molecule has 0 aromatic heterocycles. The van der Waals surface area contributed by atoms with E-state index in [4.69, 9.17) is 9.47 Å². The van der Waals surface area contributed by atoms with Crippen molar-refractivity contribution in [2.24, 2.45) is 0 Å². The molecule has 1 aliphatic heterocycles. The number of morpholine rings is 1. The lowest BCUT2D eigenvalue weighted by Crippen LogP contribution is -2.63. The molecule has 5 nitrogen and oxygen atoms in total. The summed E-state index contributed by atoms with van der Waals surface area (Å²) in [6, 6.07) is 0.953. The molecule has 1 N–H and O–H groups in total. The Hall–Kier alpha value is -0.650. The molecule has 0 aromatic rings. The summed E-state index contributed by atoms with van der Waals surface area (Å²) in [4.78, 5) is 14.7. The number of esters is 1. The Kier molecular flexibility index (Phi) is 4.52. The summed E-state index contributed by atoms with van der Waals surface area (Å²) in [6.07, 6.45) is 7.58. The van der Waals surface area contributed by atoms with Crippen molar-refractivity contribution in [1.29, 1.82) is 0 Å². The molecule has 1 heterocycles. The number of rotatable bonds is 5. The van der Waals surface area contributed by atoms with Crippen molar-refractivity contribution in [2.75, 3.05) is 26.8 Å². The van der Waals surface area contributed by atoms with Gasteiger partial charge < -0.3 is 9.47 Å². The number of nitrogens with one attached hydrogen (secondary N) is 1. The van der Waals surface area contributed by atoms with Gasteiger partial charge in [0.1, 0.15) is 5.54 Å². The fourth-order valence-electron chi connectivity index (χ4n) is 3.85. The maximum atomic E-state index is 12.3.